The number of benzene rings is 1. The van der Waals surface area contributed by atoms with Crippen molar-refractivity contribution < 1.29 is 8.78 Å². The molecule has 0 aliphatic heterocycles. The molecule has 1 heterocycles. The summed E-state index contributed by atoms with van der Waals surface area (Å²) in [6.45, 7) is 5.20. The maximum absolute atomic E-state index is 13.5. The van der Waals surface area contributed by atoms with Crippen LogP contribution >= 0.6 is 0 Å². The van der Waals surface area contributed by atoms with Gasteiger partial charge in [0.1, 0.15) is 0 Å². The Kier molecular flexibility index (Phi) is 4.14. The van der Waals surface area contributed by atoms with Crippen molar-refractivity contribution in [1.29, 1.82) is 0 Å². The average molecular weight is 265 g/mol. The molecule has 0 atom stereocenters. The largest absolute Gasteiger partial charge is 0.377 e. The first kappa shape index (κ1) is 13.5. The quantitative estimate of drug-likeness (QED) is 0.898. The van der Waals surface area contributed by atoms with E-state index in [4.69, 9.17) is 0 Å². The summed E-state index contributed by atoms with van der Waals surface area (Å²) in [4.78, 5) is 0. The molecule has 0 aliphatic rings. The predicted octanol–water partition coefficient (Wildman–Crippen LogP) is 3.36. The highest BCUT2D eigenvalue weighted by Gasteiger charge is 2.09. The monoisotopic (exact) mass is 265 g/mol. The summed E-state index contributed by atoms with van der Waals surface area (Å²) in [6, 6.07) is 6.08. The van der Waals surface area contributed by atoms with Crippen LogP contribution in [0.15, 0.2) is 24.3 Å². The Hall–Kier alpha value is -1.91. The Bertz CT molecular complexity index is 564. The Morgan fingerprint density at radius 2 is 2.05 bits per heavy atom. The molecule has 0 unspecified atom stereocenters. The van der Waals surface area contributed by atoms with Gasteiger partial charge in [0.15, 0.2) is 11.6 Å². The van der Waals surface area contributed by atoms with Crippen LogP contribution in [0.5, 0.6) is 0 Å². The number of hydrogen-bond acceptors (Lipinski definition) is 2. The van der Waals surface area contributed by atoms with Crippen LogP contribution in [0.2, 0.25) is 0 Å². The molecule has 1 aromatic carbocycles. The number of aryl methyl sites for hydroxylation is 2. The molecule has 19 heavy (non-hydrogen) atoms. The molecule has 0 spiro atoms. The molecular formula is C14H17F2N3. The van der Waals surface area contributed by atoms with Gasteiger partial charge in [-0.25, -0.2) is 8.78 Å². The Balaban J connectivity index is 2.14. The fourth-order valence-corrected chi connectivity index (χ4v) is 1.93. The lowest BCUT2D eigenvalue weighted by atomic mass is 10.2. The van der Waals surface area contributed by atoms with Gasteiger partial charge in [0, 0.05) is 6.54 Å². The van der Waals surface area contributed by atoms with Gasteiger partial charge in [0.25, 0.3) is 0 Å². The zero-order chi connectivity index (χ0) is 13.8. The van der Waals surface area contributed by atoms with E-state index in [2.05, 4.69) is 10.4 Å². The summed E-state index contributed by atoms with van der Waals surface area (Å²) in [5.41, 5.74) is 2.13. The molecule has 0 bridgehead atoms. The third kappa shape index (κ3) is 2.92. The lowest BCUT2D eigenvalue weighted by Crippen LogP contribution is -2.09. The molecule has 3 nitrogen and oxygen atoms in total. The number of halogens is 2. The highest BCUT2D eigenvalue weighted by atomic mass is 19.2. The number of nitrogens with zero attached hydrogens (tertiary/aromatic N) is 2. The maximum atomic E-state index is 13.5. The van der Waals surface area contributed by atoms with E-state index < -0.39 is 11.6 Å². The first-order valence-electron chi connectivity index (χ1n) is 6.39. The van der Waals surface area contributed by atoms with Crippen LogP contribution in [0.25, 0.3) is 0 Å². The molecule has 5 heteroatoms. The van der Waals surface area contributed by atoms with Crippen LogP contribution in [0.1, 0.15) is 25.2 Å². The number of anilines is 1. The van der Waals surface area contributed by atoms with E-state index in [1.807, 2.05) is 24.6 Å². The van der Waals surface area contributed by atoms with Gasteiger partial charge in [-0.15, -0.1) is 0 Å². The molecule has 0 fully saturated rings. The van der Waals surface area contributed by atoms with Crippen molar-refractivity contribution in [3.05, 3.63) is 47.3 Å². The Labute approximate surface area is 111 Å². The molecular weight excluding hydrogens is 248 g/mol. The van der Waals surface area contributed by atoms with Gasteiger partial charge in [-0.05, 0) is 31.5 Å². The zero-order valence-electron chi connectivity index (χ0n) is 11.1. The van der Waals surface area contributed by atoms with Crippen molar-refractivity contribution in [1.82, 2.24) is 9.78 Å². The van der Waals surface area contributed by atoms with Crippen molar-refractivity contribution in [2.45, 2.75) is 33.4 Å². The molecule has 1 aromatic heterocycles. The van der Waals surface area contributed by atoms with Crippen LogP contribution in [0.3, 0.4) is 0 Å². The standard InChI is InChI=1S/C14H17F2N3/c1-3-10-8-11(19(4-2)18-10)9-17-13-7-5-6-12(15)14(13)16/h5-8,17H,3-4,9H2,1-2H3. The van der Waals surface area contributed by atoms with Gasteiger partial charge in [-0.1, -0.05) is 13.0 Å². The molecule has 2 rings (SSSR count). The SMILES string of the molecule is CCc1cc(CNc2cccc(F)c2F)n(CC)n1. The second kappa shape index (κ2) is 5.82. The second-order valence-electron chi connectivity index (χ2n) is 4.25. The number of hydrogen-bond donors (Lipinski definition) is 1. The van der Waals surface area contributed by atoms with Crippen molar-refractivity contribution in [3.8, 4) is 0 Å². The van der Waals surface area contributed by atoms with Crippen LogP contribution in [0, 0.1) is 11.6 Å². The van der Waals surface area contributed by atoms with E-state index in [1.54, 1.807) is 0 Å². The average Bonchev–Trinajstić information content (AvgIpc) is 2.83. The number of nitrogens with one attached hydrogen (secondary N) is 1. The van der Waals surface area contributed by atoms with Crippen molar-refractivity contribution >= 4 is 5.69 Å². The topological polar surface area (TPSA) is 29.9 Å². The van der Waals surface area contributed by atoms with Crippen molar-refractivity contribution in [3.63, 3.8) is 0 Å². The van der Waals surface area contributed by atoms with Crippen LogP contribution in [-0.2, 0) is 19.5 Å². The van der Waals surface area contributed by atoms with Gasteiger partial charge >= 0.3 is 0 Å². The summed E-state index contributed by atoms with van der Waals surface area (Å²) >= 11 is 0. The zero-order valence-corrected chi connectivity index (χ0v) is 11.1. The van der Waals surface area contributed by atoms with Crippen molar-refractivity contribution in [2.24, 2.45) is 0 Å². The van der Waals surface area contributed by atoms with E-state index in [0.29, 0.717) is 6.54 Å². The summed E-state index contributed by atoms with van der Waals surface area (Å²) in [5, 5.41) is 7.31. The summed E-state index contributed by atoms with van der Waals surface area (Å²) in [7, 11) is 0. The summed E-state index contributed by atoms with van der Waals surface area (Å²) in [6.07, 6.45) is 0.855. The third-order valence-corrected chi connectivity index (χ3v) is 2.99. The molecule has 0 aliphatic carbocycles. The molecule has 102 valence electrons. The smallest absolute Gasteiger partial charge is 0.181 e. The van der Waals surface area contributed by atoms with Crippen LogP contribution in [0.4, 0.5) is 14.5 Å². The highest BCUT2D eigenvalue weighted by Crippen LogP contribution is 2.17. The lowest BCUT2D eigenvalue weighted by molar-refractivity contribution is 0.510. The Morgan fingerprint density at radius 3 is 2.74 bits per heavy atom. The maximum Gasteiger partial charge on any atom is 0.181 e. The van der Waals surface area contributed by atoms with Gasteiger partial charge < -0.3 is 5.32 Å². The first-order valence-corrected chi connectivity index (χ1v) is 6.39. The van der Waals surface area contributed by atoms with Crippen molar-refractivity contribution in [2.75, 3.05) is 5.32 Å². The number of aromatic nitrogens is 2. The molecule has 0 amide bonds. The van der Waals surface area contributed by atoms with Gasteiger partial charge in [0.2, 0.25) is 0 Å². The minimum absolute atomic E-state index is 0.168. The van der Waals surface area contributed by atoms with Gasteiger partial charge in [-0.3, -0.25) is 4.68 Å². The second-order valence-corrected chi connectivity index (χ2v) is 4.25. The highest BCUT2D eigenvalue weighted by molar-refractivity contribution is 5.45. The minimum Gasteiger partial charge on any atom is -0.377 e. The molecule has 1 N–H and O–H groups in total. The summed E-state index contributed by atoms with van der Waals surface area (Å²) in [5.74, 6) is -1.69. The predicted molar refractivity (Wildman–Crippen MR) is 71.0 cm³/mol. The van der Waals surface area contributed by atoms with E-state index in [1.165, 1.54) is 12.1 Å². The van der Waals surface area contributed by atoms with Crippen LogP contribution in [-0.4, -0.2) is 9.78 Å². The normalized spacial score (nSPS) is 10.7. The Morgan fingerprint density at radius 1 is 1.26 bits per heavy atom. The van der Waals surface area contributed by atoms with E-state index in [9.17, 15) is 8.78 Å². The van der Waals surface area contributed by atoms with E-state index >= 15 is 0 Å². The number of rotatable bonds is 5. The molecule has 2 aromatic rings. The first-order chi connectivity index (χ1) is 9.15. The van der Waals surface area contributed by atoms with Gasteiger partial charge in [0.05, 0.1) is 23.6 Å². The van der Waals surface area contributed by atoms with E-state index in [0.717, 1.165) is 30.4 Å². The van der Waals surface area contributed by atoms with E-state index in [-0.39, 0.29) is 5.69 Å². The minimum atomic E-state index is -0.847. The summed E-state index contributed by atoms with van der Waals surface area (Å²) < 4.78 is 28.4. The van der Waals surface area contributed by atoms with Crippen LogP contribution < -0.4 is 5.32 Å². The molecule has 0 saturated heterocycles. The third-order valence-electron chi connectivity index (χ3n) is 2.99. The molecule has 0 saturated carbocycles. The van der Waals surface area contributed by atoms with Gasteiger partial charge in [-0.2, -0.15) is 5.10 Å². The lowest BCUT2D eigenvalue weighted by Gasteiger charge is -2.09. The molecule has 0 radical (unpaired) electrons. The fraction of sp³-hybridized carbons (Fsp3) is 0.357. The fourth-order valence-electron chi connectivity index (χ4n) is 1.93.